The average molecular weight is 586 g/mol. The highest BCUT2D eigenvalue weighted by molar-refractivity contribution is 7.92. The van der Waals surface area contributed by atoms with Crippen molar-refractivity contribution in [1.29, 1.82) is 0 Å². The molecule has 2 N–H and O–H groups in total. The van der Waals surface area contributed by atoms with Gasteiger partial charge in [0.05, 0.1) is 17.2 Å². The number of benzene rings is 4. The van der Waals surface area contributed by atoms with E-state index >= 15 is 0 Å². The number of nitrogens with zero attached hydrogens (tertiary/aromatic N) is 1. The van der Waals surface area contributed by atoms with Crippen molar-refractivity contribution in [3.63, 3.8) is 0 Å². The van der Waals surface area contributed by atoms with Crippen LogP contribution in [0.3, 0.4) is 0 Å². The Balaban J connectivity index is 1.49. The standard InChI is InChI=1S/C33H35N3O5S/c1-5-41-29-18-20-30(21-19-29)42(39,40)36(28-12-7-6-8-13-28)23-31(37)34-26-10-9-11-27(22-26)35-32(38)24-14-16-25(17-15-24)33(2,3)4/h6-22H,5,23H2,1-4H3,(H,34,37)(H,35,38). The zero-order valence-electron chi connectivity index (χ0n) is 24.1. The molecule has 8 nitrogen and oxygen atoms in total. The van der Waals surface area contributed by atoms with E-state index in [9.17, 15) is 18.0 Å². The highest BCUT2D eigenvalue weighted by atomic mass is 32.2. The van der Waals surface area contributed by atoms with Crippen LogP contribution < -0.4 is 19.7 Å². The molecule has 4 aromatic rings. The molecule has 0 aliphatic heterocycles. The average Bonchev–Trinajstić information content (AvgIpc) is 2.96. The Bertz CT molecular complexity index is 1630. The van der Waals surface area contributed by atoms with Gasteiger partial charge in [-0.25, -0.2) is 8.42 Å². The second kappa shape index (κ2) is 12.9. The van der Waals surface area contributed by atoms with Crippen molar-refractivity contribution >= 4 is 38.9 Å². The third-order valence-corrected chi connectivity index (χ3v) is 8.26. The van der Waals surface area contributed by atoms with Crippen LogP contribution in [0.1, 0.15) is 43.6 Å². The minimum atomic E-state index is -4.08. The first-order chi connectivity index (χ1) is 20.0. The summed E-state index contributed by atoms with van der Waals surface area (Å²) >= 11 is 0. The summed E-state index contributed by atoms with van der Waals surface area (Å²) in [4.78, 5) is 26.0. The van der Waals surface area contributed by atoms with Crippen LogP contribution in [0.2, 0.25) is 0 Å². The van der Waals surface area contributed by atoms with Crippen molar-refractivity contribution in [2.75, 3.05) is 28.1 Å². The number of amides is 2. The van der Waals surface area contributed by atoms with E-state index in [-0.39, 0.29) is 16.2 Å². The van der Waals surface area contributed by atoms with Gasteiger partial charge in [-0.05, 0) is 84.6 Å². The molecule has 0 spiro atoms. The SMILES string of the molecule is CCOc1ccc(S(=O)(=O)N(CC(=O)Nc2cccc(NC(=O)c3ccc(C(C)(C)C)cc3)c2)c2ccccc2)cc1. The highest BCUT2D eigenvalue weighted by Crippen LogP contribution is 2.26. The lowest BCUT2D eigenvalue weighted by atomic mass is 9.87. The van der Waals surface area contributed by atoms with Gasteiger partial charge in [-0.2, -0.15) is 0 Å². The first kappa shape index (κ1) is 30.3. The molecule has 0 aliphatic rings. The number of anilines is 3. The van der Waals surface area contributed by atoms with E-state index in [1.807, 2.05) is 19.1 Å². The maximum Gasteiger partial charge on any atom is 0.264 e. The zero-order valence-corrected chi connectivity index (χ0v) is 24.9. The lowest BCUT2D eigenvalue weighted by Gasteiger charge is -2.24. The molecule has 0 aromatic heterocycles. The second-order valence-corrected chi connectivity index (χ2v) is 12.5. The molecule has 0 radical (unpaired) electrons. The topological polar surface area (TPSA) is 105 Å². The molecule has 2 amide bonds. The van der Waals surface area contributed by atoms with E-state index in [0.29, 0.717) is 35.0 Å². The summed E-state index contributed by atoms with van der Waals surface area (Å²) in [6, 6.07) is 28.6. The summed E-state index contributed by atoms with van der Waals surface area (Å²) in [5.41, 5.74) is 2.85. The molecule has 4 rings (SSSR count). The maximum absolute atomic E-state index is 13.6. The quantitative estimate of drug-likeness (QED) is 0.222. The van der Waals surface area contributed by atoms with Gasteiger partial charge in [0.15, 0.2) is 0 Å². The van der Waals surface area contributed by atoms with Crippen molar-refractivity contribution in [1.82, 2.24) is 0 Å². The summed E-state index contributed by atoms with van der Waals surface area (Å²) in [6.07, 6.45) is 0. The minimum Gasteiger partial charge on any atom is -0.494 e. The first-order valence-electron chi connectivity index (χ1n) is 13.6. The van der Waals surface area contributed by atoms with E-state index < -0.39 is 22.5 Å². The molecule has 218 valence electrons. The monoisotopic (exact) mass is 585 g/mol. The smallest absolute Gasteiger partial charge is 0.264 e. The summed E-state index contributed by atoms with van der Waals surface area (Å²) in [7, 11) is -4.08. The summed E-state index contributed by atoms with van der Waals surface area (Å²) in [6.45, 7) is 8.16. The van der Waals surface area contributed by atoms with E-state index in [0.717, 1.165) is 9.87 Å². The molecule has 9 heteroatoms. The van der Waals surface area contributed by atoms with Crippen molar-refractivity contribution in [2.24, 2.45) is 0 Å². The fraction of sp³-hybridized carbons (Fsp3) is 0.212. The third-order valence-electron chi connectivity index (χ3n) is 6.47. The molecule has 42 heavy (non-hydrogen) atoms. The van der Waals surface area contributed by atoms with E-state index in [2.05, 4.69) is 31.4 Å². The van der Waals surface area contributed by atoms with Crippen molar-refractivity contribution in [2.45, 2.75) is 38.0 Å². The number of sulfonamides is 1. The number of hydrogen-bond acceptors (Lipinski definition) is 5. The van der Waals surface area contributed by atoms with E-state index in [1.54, 1.807) is 78.9 Å². The van der Waals surface area contributed by atoms with Gasteiger partial charge in [0, 0.05) is 16.9 Å². The molecule has 0 unspecified atom stereocenters. The zero-order chi connectivity index (χ0) is 30.3. The van der Waals surface area contributed by atoms with E-state index in [4.69, 9.17) is 4.74 Å². The van der Waals surface area contributed by atoms with Crippen LogP contribution >= 0.6 is 0 Å². The van der Waals surface area contributed by atoms with Crippen LogP contribution in [0.15, 0.2) is 108 Å². The van der Waals surface area contributed by atoms with Crippen LogP contribution in [-0.4, -0.2) is 33.4 Å². The highest BCUT2D eigenvalue weighted by Gasteiger charge is 2.27. The van der Waals surface area contributed by atoms with Crippen LogP contribution in [0.4, 0.5) is 17.1 Å². The van der Waals surface area contributed by atoms with Gasteiger partial charge in [0.1, 0.15) is 12.3 Å². The molecule has 0 atom stereocenters. The molecule has 0 saturated carbocycles. The predicted octanol–water partition coefficient (Wildman–Crippen LogP) is 6.47. The minimum absolute atomic E-state index is 0.0226. The molecular formula is C33H35N3O5S. The summed E-state index contributed by atoms with van der Waals surface area (Å²) in [5.74, 6) is -0.278. The first-order valence-corrected chi connectivity index (χ1v) is 15.0. The number of rotatable bonds is 10. The summed E-state index contributed by atoms with van der Waals surface area (Å²) in [5, 5.41) is 5.60. The van der Waals surface area contributed by atoms with Gasteiger partial charge in [-0.1, -0.05) is 57.2 Å². The molecule has 4 aromatic carbocycles. The Hall–Kier alpha value is -4.63. The van der Waals surface area contributed by atoms with Gasteiger partial charge >= 0.3 is 0 Å². The van der Waals surface area contributed by atoms with Crippen LogP contribution in [0.25, 0.3) is 0 Å². The Morgan fingerprint density at radius 1 is 0.786 bits per heavy atom. The van der Waals surface area contributed by atoms with E-state index in [1.165, 1.54) is 12.1 Å². The normalized spacial score (nSPS) is 11.4. The van der Waals surface area contributed by atoms with Gasteiger partial charge in [-0.3, -0.25) is 13.9 Å². The molecule has 0 saturated heterocycles. The Morgan fingerprint density at radius 3 is 2.00 bits per heavy atom. The van der Waals surface area contributed by atoms with Gasteiger partial charge in [0.2, 0.25) is 5.91 Å². The van der Waals surface area contributed by atoms with Gasteiger partial charge < -0.3 is 15.4 Å². The number of carbonyl (C=O) groups is 2. The largest absolute Gasteiger partial charge is 0.494 e. The van der Waals surface area contributed by atoms with Crippen LogP contribution in [0, 0.1) is 0 Å². The Labute approximate surface area is 247 Å². The maximum atomic E-state index is 13.6. The lowest BCUT2D eigenvalue weighted by Crippen LogP contribution is -2.38. The molecular weight excluding hydrogens is 550 g/mol. The Kier molecular flexibility index (Phi) is 9.32. The molecule has 0 bridgehead atoms. The van der Waals surface area contributed by atoms with Crippen molar-refractivity contribution < 1.29 is 22.7 Å². The number of para-hydroxylation sites is 1. The number of carbonyl (C=O) groups excluding carboxylic acids is 2. The number of hydrogen-bond donors (Lipinski definition) is 2. The van der Waals surface area contributed by atoms with Crippen molar-refractivity contribution in [3.8, 4) is 5.75 Å². The number of nitrogens with one attached hydrogen (secondary N) is 2. The summed E-state index contributed by atoms with van der Waals surface area (Å²) < 4.78 is 33.8. The fourth-order valence-corrected chi connectivity index (χ4v) is 5.66. The predicted molar refractivity (Wildman–Crippen MR) is 167 cm³/mol. The second-order valence-electron chi connectivity index (χ2n) is 10.7. The molecule has 0 aliphatic carbocycles. The molecule has 0 fully saturated rings. The molecule has 0 heterocycles. The van der Waals surface area contributed by atoms with Crippen LogP contribution in [0.5, 0.6) is 5.75 Å². The number of ether oxygens (including phenoxy) is 1. The van der Waals surface area contributed by atoms with Crippen molar-refractivity contribution in [3.05, 3.63) is 114 Å². The third kappa shape index (κ3) is 7.55. The fourth-order valence-electron chi connectivity index (χ4n) is 4.24. The lowest BCUT2D eigenvalue weighted by molar-refractivity contribution is -0.114. The Morgan fingerprint density at radius 2 is 1.40 bits per heavy atom. The van der Waals surface area contributed by atoms with Crippen LogP contribution in [-0.2, 0) is 20.2 Å². The van der Waals surface area contributed by atoms with Gasteiger partial charge in [0.25, 0.3) is 15.9 Å². The van der Waals surface area contributed by atoms with Gasteiger partial charge in [-0.15, -0.1) is 0 Å².